The summed E-state index contributed by atoms with van der Waals surface area (Å²) in [5.41, 5.74) is 8.05. The molecule has 1 unspecified atom stereocenters. The van der Waals surface area contributed by atoms with Crippen LogP contribution in [0.4, 0.5) is 5.82 Å². The maximum Gasteiger partial charge on any atom is 0.253 e. The molecule has 0 radical (unpaired) electrons. The SMILES string of the molecule is Nc1cc(-c2cccc(C(=O)N3CCN4CCCC4C3)c2)ncn1. The molecule has 2 fully saturated rings. The van der Waals surface area contributed by atoms with Gasteiger partial charge in [0.15, 0.2) is 0 Å². The van der Waals surface area contributed by atoms with Gasteiger partial charge in [0.1, 0.15) is 12.1 Å². The summed E-state index contributed by atoms with van der Waals surface area (Å²) in [5.74, 6) is 0.527. The number of carbonyl (C=O) groups is 1. The Hall–Kier alpha value is -2.47. The van der Waals surface area contributed by atoms with Crippen LogP contribution in [0.2, 0.25) is 0 Å². The number of fused-ring (bicyclic) bond motifs is 1. The summed E-state index contributed by atoms with van der Waals surface area (Å²) >= 11 is 0. The zero-order valence-corrected chi connectivity index (χ0v) is 13.6. The van der Waals surface area contributed by atoms with Gasteiger partial charge in [-0.15, -0.1) is 0 Å². The van der Waals surface area contributed by atoms with Crippen molar-refractivity contribution in [2.24, 2.45) is 0 Å². The van der Waals surface area contributed by atoms with Crippen LogP contribution in [0, 0.1) is 0 Å². The zero-order valence-electron chi connectivity index (χ0n) is 13.6. The largest absolute Gasteiger partial charge is 0.384 e. The number of amides is 1. The molecule has 0 saturated carbocycles. The van der Waals surface area contributed by atoms with Crippen molar-refractivity contribution in [1.82, 2.24) is 19.8 Å². The molecule has 0 spiro atoms. The van der Waals surface area contributed by atoms with Gasteiger partial charge in [-0.05, 0) is 31.5 Å². The third-order valence-electron chi connectivity index (χ3n) is 4.97. The van der Waals surface area contributed by atoms with Gasteiger partial charge in [-0.1, -0.05) is 12.1 Å². The summed E-state index contributed by atoms with van der Waals surface area (Å²) in [5, 5.41) is 0. The number of nitrogens with two attached hydrogens (primary N) is 1. The summed E-state index contributed by atoms with van der Waals surface area (Å²) in [6.07, 6.45) is 3.89. The number of piperazine rings is 1. The van der Waals surface area contributed by atoms with Gasteiger partial charge >= 0.3 is 0 Å². The summed E-state index contributed by atoms with van der Waals surface area (Å²) in [4.78, 5) is 25.5. The number of hydrogen-bond acceptors (Lipinski definition) is 5. The Bertz CT molecular complexity index is 763. The van der Waals surface area contributed by atoms with E-state index in [0.717, 1.165) is 30.9 Å². The van der Waals surface area contributed by atoms with Crippen LogP contribution in [0.5, 0.6) is 0 Å². The maximum absolute atomic E-state index is 12.9. The summed E-state index contributed by atoms with van der Waals surface area (Å²) < 4.78 is 0. The van der Waals surface area contributed by atoms with Crippen LogP contribution in [-0.4, -0.2) is 57.9 Å². The quantitative estimate of drug-likeness (QED) is 0.909. The molecule has 1 aromatic heterocycles. The van der Waals surface area contributed by atoms with E-state index in [9.17, 15) is 4.79 Å². The first-order valence-electron chi connectivity index (χ1n) is 8.42. The van der Waals surface area contributed by atoms with Crippen molar-refractivity contribution >= 4 is 11.7 Å². The number of nitrogens with zero attached hydrogens (tertiary/aromatic N) is 4. The minimum atomic E-state index is 0.102. The molecule has 6 nitrogen and oxygen atoms in total. The van der Waals surface area contributed by atoms with Gasteiger partial charge in [-0.2, -0.15) is 0 Å². The lowest BCUT2D eigenvalue weighted by Crippen LogP contribution is -2.52. The predicted molar refractivity (Wildman–Crippen MR) is 92.4 cm³/mol. The van der Waals surface area contributed by atoms with E-state index in [4.69, 9.17) is 5.73 Å². The van der Waals surface area contributed by atoms with Gasteiger partial charge in [-0.3, -0.25) is 9.69 Å². The van der Waals surface area contributed by atoms with Crippen LogP contribution < -0.4 is 5.73 Å². The second-order valence-corrected chi connectivity index (χ2v) is 6.49. The van der Waals surface area contributed by atoms with E-state index >= 15 is 0 Å². The number of benzene rings is 1. The molecule has 4 rings (SSSR count). The van der Waals surface area contributed by atoms with Crippen LogP contribution in [0.15, 0.2) is 36.7 Å². The summed E-state index contributed by atoms with van der Waals surface area (Å²) in [7, 11) is 0. The van der Waals surface area contributed by atoms with E-state index in [1.54, 1.807) is 6.07 Å². The molecule has 1 amide bonds. The minimum Gasteiger partial charge on any atom is -0.384 e. The van der Waals surface area contributed by atoms with E-state index in [2.05, 4.69) is 14.9 Å². The second kappa shape index (κ2) is 6.20. The zero-order chi connectivity index (χ0) is 16.5. The smallest absolute Gasteiger partial charge is 0.253 e. The van der Waals surface area contributed by atoms with Gasteiger partial charge in [0.25, 0.3) is 5.91 Å². The Balaban J connectivity index is 1.56. The normalized spacial score (nSPS) is 20.8. The van der Waals surface area contributed by atoms with Crippen molar-refractivity contribution in [3.05, 3.63) is 42.2 Å². The number of anilines is 1. The molecule has 2 aliphatic heterocycles. The molecule has 0 aliphatic carbocycles. The number of aromatic nitrogens is 2. The molecular formula is C18H21N5O. The van der Waals surface area contributed by atoms with E-state index in [1.807, 2.05) is 29.2 Å². The topological polar surface area (TPSA) is 75.4 Å². The first-order valence-corrected chi connectivity index (χ1v) is 8.42. The van der Waals surface area contributed by atoms with Crippen molar-refractivity contribution in [1.29, 1.82) is 0 Å². The van der Waals surface area contributed by atoms with Gasteiger partial charge < -0.3 is 10.6 Å². The van der Waals surface area contributed by atoms with Crippen LogP contribution in [0.25, 0.3) is 11.3 Å². The van der Waals surface area contributed by atoms with Crippen molar-refractivity contribution in [2.75, 3.05) is 31.9 Å². The molecule has 24 heavy (non-hydrogen) atoms. The van der Waals surface area contributed by atoms with Crippen LogP contribution in [-0.2, 0) is 0 Å². The molecule has 1 atom stereocenters. The van der Waals surface area contributed by atoms with Crippen LogP contribution in [0.1, 0.15) is 23.2 Å². The number of nitrogen functional groups attached to an aromatic ring is 1. The monoisotopic (exact) mass is 323 g/mol. The van der Waals surface area contributed by atoms with Crippen LogP contribution >= 0.6 is 0 Å². The third-order valence-corrected chi connectivity index (χ3v) is 4.97. The lowest BCUT2D eigenvalue weighted by Gasteiger charge is -2.37. The van der Waals surface area contributed by atoms with Gasteiger partial charge in [0, 0.05) is 42.9 Å². The van der Waals surface area contributed by atoms with Crippen molar-refractivity contribution in [3.63, 3.8) is 0 Å². The van der Waals surface area contributed by atoms with Crippen molar-refractivity contribution < 1.29 is 4.79 Å². The lowest BCUT2D eigenvalue weighted by atomic mass is 10.1. The first kappa shape index (κ1) is 15.1. The highest BCUT2D eigenvalue weighted by molar-refractivity contribution is 5.95. The van der Waals surface area contributed by atoms with E-state index in [-0.39, 0.29) is 5.91 Å². The van der Waals surface area contributed by atoms with E-state index in [0.29, 0.717) is 17.4 Å². The fourth-order valence-electron chi connectivity index (χ4n) is 3.70. The predicted octanol–water partition coefficient (Wildman–Crippen LogP) is 1.65. The molecule has 6 heteroatoms. The number of carbonyl (C=O) groups excluding carboxylic acids is 1. The Morgan fingerprint density at radius 3 is 2.96 bits per heavy atom. The molecule has 2 aliphatic rings. The standard InChI is InChI=1S/C18H21N5O/c19-17-10-16(20-12-21-17)13-3-1-4-14(9-13)18(24)23-8-7-22-6-2-5-15(22)11-23/h1,3-4,9-10,12,15H,2,5-8,11H2,(H2,19,20,21). The van der Waals surface area contributed by atoms with Crippen molar-refractivity contribution in [2.45, 2.75) is 18.9 Å². The first-order chi connectivity index (χ1) is 11.7. The molecule has 124 valence electrons. The lowest BCUT2D eigenvalue weighted by molar-refractivity contribution is 0.0571. The Morgan fingerprint density at radius 2 is 2.08 bits per heavy atom. The van der Waals surface area contributed by atoms with Gasteiger partial charge in [0.2, 0.25) is 0 Å². The molecular weight excluding hydrogens is 302 g/mol. The maximum atomic E-state index is 12.9. The molecule has 2 N–H and O–H groups in total. The van der Waals surface area contributed by atoms with Crippen molar-refractivity contribution in [3.8, 4) is 11.3 Å². The molecule has 1 aromatic carbocycles. The second-order valence-electron chi connectivity index (χ2n) is 6.49. The number of hydrogen-bond donors (Lipinski definition) is 1. The van der Waals surface area contributed by atoms with Gasteiger partial charge in [0.05, 0.1) is 5.69 Å². The van der Waals surface area contributed by atoms with Gasteiger partial charge in [-0.25, -0.2) is 9.97 Å². The Kier molecular flexibility index (Phi) is 3.90. The summed E-state index contributed by atoms with van der Waals surface area (Å²) in [6, 6.07) is 9.86. The Labute approximate surface area is 141 Å². The van der Waals surface area contributed by atoms with E-state index < -0.39 is 0 Å². The fraction of sp³-hybridized carbons (Fsp3) is 0.389. The number of rotatable bonds is 2. The highest BCUT2D eigenvalue weighted by Crippen LogP contribution is 2.24. The Morgan fingerprint density at radius 1 is 1.17 bits per heavy atom. The third kappa shape index (κ3) is 2.85. The highest BCUT2D eigenvalue weighted by Gasteiger charge is 2.32. The average Bonchev–Trinajstić information content (AvgIpc) is 3.09. The summed E-state index contributed by atoms with van der Waals surface area (Å²) in [6.45, 7) is 3.80. The molecule has 2 saturated heterocycles. The van der Waals surface area contributed by atoms with E-state index in [1.165, 1.54) is 25.7 Å². The van der Waals surface area contributed by atoms with Crippen LogP contribution in [0.3, 0.4) is 0 Å². The average molecular weight is 323 g/mol. The molecule has 2 aromatic rings. The highest BCUT2D eigenvalue weighted by atomic mass is 16.2. The minimum absolute atomic E-state index is 0.102. The molecule has 0 bridgehead atoms. The molecule has 3 heterocycles. The fourth-order valence-corrected chi connectivity index (χ4v) is 3.70.